The Kier molecular flexibility index (Phi) is 3.14. The molecule has 0 amide bonds. The molecule has 0 saturated heterocycles. The van der Waals surface area contributed by atoms with Gasteiger partial charge in [-0.25, -0.2) is 0 Å². The Morgan fingerprint density at radius 1 is 1.24 bits per heavy atom. The van der Waals surface area contributed by atoms with Gasteiger partial charge in [-0.1, -0.05) is 20.8 Å². The van der Waals surface area contributed by atoms with Crippen LogP contribution in [-0.4, -0.2) is 25.4 Å². The second kappa shape index (κ2) is 4.08. The molecule has 2 fully saturated rings. The summed E-state index contributed by atoms with van der Waals surface area (Å²) in [6.07, 6.45) is 2.38. The van der Waals surface area contributed by atoms with Gasteiger partial charge in [0, 0.05) is 5.41 Å². The van der Waals surface area contributed by atoms with E-state index in [-0.39, 0.29) is 10.8 Å². The van der Waals surface area contributed by atoms with Crippen molar-refractivity contribution in [2.75, 3.05) is 19.6 Å². The third-order valence-electron chi connectivity index (χ3n) is 6.18. The molecule has 2 bridgehead atoms. The first-order valence-electron chi connectivity index (χ1n) is 7.26. The molecule has 17 heavy (non-hydrogen) atoms. The molecular weight excluding hydrogens is 210 g/mol. The molecule has 0 aliphatic heterocycles. The van der Waals surface area contributed by atoms with Gasteiger partial charge < -0.3 is 4.90 Å². The van der Waals surface area contributed by atoms with Crippen LogP contribution in [0.5, 0.6) is 0 Å². The summed E-state index contributed by atoms with van der Waals surface area (Å²) in [7, 11) is 0. The molecule has 0 aromatic carbocycles. The summed E-state index contributed by atoms with van der Waals surface area (Å²) in [5, 5.41) is 0. The van der Waals surface area contributed by atoms with Crippen molar-refractivity contribution in [2.24, 2.45) is 22.7 Å². The maximum absolute atomic E-state index is 12.7. The number of Topliss-reactive ketones (excluding diaryl/α,β-unsaturated/α-hetero) is 1. The van der Waals surface area contributed by atoms with Gasteiger partial charge in [-0.05, 0) is 38.0 Å². The Balaban J connectivity index is 2.20. The minimum Gasteiger partial charge on any atom is -0.335 e. The SMILES string of the molecule is CC[NH+](CC)C[C@H]1C(=O)[C@]2(C)CC[C@H]1C2(C)C. The van der Waals surface area contributed by atoms with Crippen molar-refractivity contribution in [3.63, 3.8) is 0 Å². The average Bonchev–Trinajstić information content (AvgIpc) is 2.59. The van der Waals surface area contributed by atoms with Crippen molar-refractivity contribution < 1.29 is 9.69 Å². The standard InChI is InChI=1S/C15H27NO/c1-6-16(7-2)10-11-12-8-9-15(5,13(11)17)14(12,3)4/h11-12H,6-10H2,1-5H3/p+1/t11-,12-,15+/m1/s1. The molecule has 0 radical (unpaired) electrons. The fourth-order valence-electron chi connectivity index (χ4n) is 4.36. The number of hydrogen-bond donors (Lipinski definition) is 1. The van der Waals surface area contributed by atoms with Crippen LogP contribution in [0.2, 0.25) is 0 Å². The normalized spacial score (nSPS) is 39.3. The highest BCUT2D eigenvalue weighted by molar-refractivity contribution is 5.91. The maximum Gasteiger partial charge on any atom is 0.148 e. The van der Waals surface area contributed by atoms with Gasteiger partial charge in [-0.15, -0.1) is 0 Å². The molecule has 2 rings (SSSR count). The van der Waals surface area contributed by atoms with Crippen LogP contribution in [0.4, 0.5) is 0 Å². The second-order valence-corrected chi connectivity index (χ2v) is 6.83. The lowest BCUT2D eigenvalue weighted by Gasteiger charge is -2.32. The maximum atomic E-state index is 12.7. The van der Waals surface area contributed by atoms with Crippen molar-refractivity contribution in [3.8, 4) is 0 Å². The molecule has 0 aromatic heterocycles. The van der Waals surface area contributed by atoms with Crippen molar-refractivity contribution in [3.05, 3.63) is 0 Å². The monoisotopic (exact) mass is 238 g/mol. The molecule has 1 N–H and O–H groups in total. The van der Waals surface area contributed by atoms with Gasteiger partial charge >= 0.3 is 0 Å². The van der Waals surface area contributed by atoms with Crippen LogP contribution in [0.1, 0.15) is 47.5 Å². The summed E-state index contributed by atoms with van der Waals surface area (Å²) >= 11 is 0. The summed E-state index contributed by atoms with van der Waals surface area (Å²) < 4.78 is 0. The third-order valence-corrected chi connectivity index (χ3v) is 6.18. The van der Waals surface area contributed by atoms with E-state index in [4.69, 9.17) is 0 Å². The van der Waals surface area contributed by atoms with E-state index in [1.807, 2.05) is 0 Å². The summed E-state index contributed by atoms with van der Waals surface area (Å²) in [5.74, 6) is 1.53. The molecular formula is C15H28NO+. The van der Waals surface area contributed by atoms with Crippen LogP contribution in [-0.2, 0) is 4.79 Å². The third kappa shape index (κ3) is 1.60. The van der Waals surface area contributed by atoms with Crippen LogP contribution in [0.3, 0.4) is 0 Å². The van der Waals surface area contributed by atoms with E-state index in [1.54, 1.807) is 4.90 Å². The number of nitrogens with one attached hydrogen (secondary N) is 1. The number of hydrogen-bond acceptors (Lipinski definition) is 1. The van der Waals surface area contributed by atoms with E-state index in [0.29, 0.717) is 17.6 Å². The van der Waals surface area contributed by atoms with E-state index in [1.165, 1.54) is 6.42 Å². The fraction of sp³-hybridized carbons (Fsp3) is 0.933. The molecule has 0 heterocycles. The molecule has 0 unspecified atom stereocenters. The van der Waals surface area contributed by atoms with Gasteiger partial charge in [0.1, 0.15) is 5.78 Å². The first-order chi connectivity index (χ1) is 7.88. The zero-order valence-corrected chi connectivity index (χ0v) is 12.1. The Morgan fingerprint density at radius 3 is 2.24 bits per heavy atom. The van der Waals surface area contributed by atoms with Crippen LogP contribution in [0, 0.1) is 22.7 Å². The van der Waals surface area contributed by atoms with Crippen LogP contribution < -0.4 is 4.90 Å². The minimum atomic E-state index is -0.0328. The van der Waals surface area contributed by atoms with Crippen molar-refractivity contribution >= 4 is 5.78 Å². The highest BCUT2D eigenvalue weighted by Gasteiger charge is 2.66. The minimum absolute atomic E-state index is 0.0328. The van der Waals surface area contributed by atoms with E-state index in [0.717, 1.165) is 26.1 Å². The average molecular weight is 238 g/mol. The molecule has 2 aliphatic carbocycles. The van der Waals surface area contributed by atoms with Crippen molar-refractivity contribution in [2.45, 2.75) is 47.5 Å². The van der Waals surface area contributed by atoms with E-state index in [9.17, 15) is 4.79 Å². The molecule has 2 saturated carbocycles. The molecule has 98 valence electrons. The van der Waals surface area contributed by atoms with Gasteiger partial charge in [-0.3, -0.25) is 4.79 Å². The predicted molar refractivity (Wildman–Crippen MR) is 70.0 cm³/mol. The highest BCUT2D eigenvalue weighted by Crippen LogP contribution is 2.65. The summed E-state index contributed by atoms with van der Waals surface area (Å²) in [4.78, 5) is 14.2. The topological polar surface area (TPSA) is 21.5 Å². The second-order valence-electron chi connectivity index (χ2n) is 6.83. The van der Waals surface area contributed by atoms with Gasteiger partial charge in [0.25, 0.3) is 0 Å². The molecule has 0 spiro atoms. The lowest BCUT2D eigenvalue weighted by atomic mass is 9.70. The lowest BCUT2D eigenvalue weighted by Crippen LogP contribution is -3.12. The van der Waals surface area contributed by atoms with Gasteiger partial charge in [0.2, 0.25) is 0 Å². The number of ketones is 1. The Hall–Kier alpha value is -0.370. The van der Waals surface area contributed by atoms with E-state index in [2.05, 4.69) is 34.6 Å². The highest BCUT2D eigenvalue weighted by atomic mass is 16.1. The molecule has 2 aliphatic rings. The van der Waals surface area contributed by atoms with Crippen molar-refractivity contribution in [1.82, 2.24) is 0 Å². The summed E-state index contributed by atoms with van der Waals surface area (Å²) in [6, 6.07) is 0. The Bertz CT molecular complexity index is 319. The number of carbonyl (C=O) groups excluding carboxylic acids is 1. The molecule has 2 nitrogen and oxygen atoms in total. The number of fused-ring (bicyclic) bond motifs is 2. The zero-order chi connectivity index (χ0) is 12.8. The van der Waals surface area contributed by atoms with E-state index < -0.39 is 0 Å². The predicted octanol–water partition coefficient (Wildman–Crippen LogP) is 1.55. The van der Waals surface area contributed by atoms with Gasteiger partial charge in [-0.2, -0.15) is 0 Å². The summed E-state index contributed by atoms with van der Waals surface area (Å²) in [6.45, 7) is 14.7. The summed E-state index contributed by atoms with van der Waals surface area (Å²) in [5.41, 5.74) is 0.191. The van der Waals surface area contributed by atoms with Gasteiger partial charge in [0.05, 0.1) is 25.6 Å². The van der Waals surface area contributed by atoms with Crippen molar-refractivity contribution in [1.29, 1.82) is 0 Å². The first-order valence-corrected chi connectivity index (χ1v) is 7.26. The number of rotatable bonds is 4. The van der Waals surface area contributed by atoms with Gasteiger partial charge in [0.15, 0.2) is 0 Å². The first kappa shape index (κ1) is 13.1. The molecule has 3 atom stereocenters. The zero-order valence-electron chi connectivity index (χ0n) is 12.1. The number of quaternary nitrogens is 1. The quantitative estimate of drug-likeness (QED) is 0.788. The van der Waals surface area contributed by atoms with Crippen LogP contribution in [0.25, 0.3) is 0 Å². The Labute approximate surface area is 106 Å². The van der Waals surface area contributed by atoms with Crippen LogP contribution in [0.15, 0.2) is 0 Å². The molecule has 0 aromatic rings. The van der Waals surface area contributed by atoms with E-state index >= 15 is 0 Å². The smallest absolute Gasteiger partial charge is 0.148 e. The number of carbonyl (C=O) groups is 1. The lowest BCUT2D eigenvalue weighted by molar-refractivity contribution is -0.899. The largest absolute Gasteiger partial charge is 0.335 e. The van der Waals surface area contributed by atoms with Crippen LogP contribution >= 0.6 is 0 Å². The fourth-order valence-corrected chi connectivity index (χ4v) is 4.36. The molecule has 2 heteroatoms. The Morgan fingerprint density at radius 2 is 1.82 bits per heavy atom.